The number of aryl methyl sites for hydroxylation is 1. The molecule has 29 heavy (non-hydrogen) atoms. The Hall–Kier alpha value is -3.00. The molecule has 7 nitrogen and oxygen atoms in total. The van der Waals surface area contributed by atoms with Gasteiger partial charge in [-0.15, -0.1) is 18.3 Å². The van der Waals surface area contributed by atoms with Crippen LogP contribution in [0.2, 0.25) is 0 Å². The maximum Gasteiger partial charge on any atom is 0.347 e. The minimum atomic E-state index is -0.809. The van der Waals surface area contributed by atoms with Crippen LogP contribution in [0.25, 0.3) is 0 Å². The van der Waals surface area contributed by atoms with E-state index < -0.39 is 11.9 Å². The van der Waals surface area contributed by atoms with E-state index >= 15 is 0 Å². The minimum absolute atomic E-state index is 0.113. The molecule has 0 aromatic heterocycles. The predicted molar refractivity (Wildman–Crippen MR) is 115 cm³/mol. The average Bonchev–Trinajstić information content (AvgIpc) is 2.68. The van der Waals surface area contributed by atoms with Crippen LogP contribution >= 0.6 is 11.8 Å². The summed E-state index contributed by atoms with van der Waals surface area (Å²) in [6.07, 6.45) is 4.19. The van der Waals surface area contributed by atoms with Crippen molar-refractivity contribution in [1.29, 1.82) is 0 Å². The van der Waals surface area contributed by atoms with Crippen molar-refractivity contribution in [3.63, 3.8) is 0 Å². The summed E-state index contributed by atoms with van der Waals surface area (Å²) >= 11 is 1.28. The molecule has 0 saturated carbocycles. The van der Waals surface area contributed by atoms with Gasteiger partial charge in [-0.3, -0.25) is 4.79 Å². The van der Waals surface area contributed by atoms with E-state index in [9.17, 15) is 14.4 Å². The standard InChI is InChI=1S/C21H26N2O5S/c1-5-12-29-19(13-18(24)23-17-11-9-8-10-15(17)4)22-14-16(20(25)27-6-2)21(26)28-7-3/h5,8-11,13-14,22H,1,6-7,12H2,2-4H3,(H,23,24). The lowest BCUT2D eigenvalue weighted by molar-refractivity contribution is -0.146. The van der Waals surface area contributed by atoms with E-state index in [0.717, 1.165) is 5.56 Å². The zero-order valence-electron chi connectivity index (χ0n) is 16.8. The maximum atomic E-state index is 12.4. The van der Waals surface area contributed by atoms with Gasteiger partial charge >= 0.3 is 11.9 Å². The van der Waals surface area contributed by atoms with E-state index in [1.807, 2.05) is 25.1 Å². The molecule has 0 saturated heterocycles. The van der Waals surface area contributed by atoms with Crippen molar-refractivity contribution < 1.29 is 23.9 Å². The van der Waals surface area contributed by atoms with Gasteiger partial charge in [-0.2, -0.15) is 0 Å². The summed E-state index contributed by atoms with van der Waals surface area (Å²) in [5, 5.41) is 6.03. The second-order valence-corrected chi connectivity index (χ2v) is 6.62. The smallest absolute Gasteiger partial charge is 0.347 e. The van der Waals surface area contributed by atoms with Crippen LogP contribution in [0, 0.1) is 6.92 Å². The lowest BCUT2D eigenvalue weighted by atomic mass is 10.2. The second-order valence-electron chi connectivity index (χ2n) is 5.56. The Morgan fingerprint density at radius 1 is 1.10 bits per heavy atom. The van der Waals surface area contributed by atoms with E-state index in [1.54, 1.807) is 26.0 Å². The lowest BCUT2D eigenvalue weighted by Crippen LogP contribution is -2.21. The Morgan fingerprint density at radius 3 is 2.28 bits per heavy atom. The van der Waals surface area contributed by atoms with Gasteiger partial charge in [-0.05, 0) is 32.4 Å². The van der Waals surface area contributed by atoms with Crippen LogP contribution in [0.4, 0.5) is 5.69 Å². The monoisotopic (exact) mass is 418 g/mol. The third kappa shape index (κ3) is 8.69. The van der Waals surface area contributed by atoms with Crippen LogP contribution in [0.5, 0.6) is 0 Å². The number of hydrogen-bond donors (Lipinski definition) is 2. The van der Waals surface area contributed by atoms with Crippen molar-refractivity contribution in [3.05, 3.63) is 65.4 Å². The van der Waals surface area contributed by atoms with Gasteiger partial charge in [0.05, 0.1) is 18.2 Å². The Kier molecular flexibility index (Phi) is 11.0. The van der Waals surface area contributed by atoms with E-state index in [0.29, 0.717) is 16.5 Å². The third-order valence-electron chi connectivity index (χ3n) is 3.37. The van der Waals surface area contributed by atoms with Gasteiger partial charge in [-0.25, -0.2) is 9.59 Å². The van der Waals surface area contributed by atoms with Crippen molar-refractivity contribution >= 4 is 35.3 Å². The predicted octanol–water partition coefficient (Wildman–Crippen LogP) is 3.29. The van der Waals surface area contributed by atoms with Crippen molar-refractivity contribution in [2.75, 3.05) is 24.3 Å². The van der Waals surface area contributed by atoms with Gasteiger partial charge in [0.15, 0.2) is 5.57 Å². The molecule has 1 amide bonds. The molecule has 0 aliphatic carbocycles. The molecule has 0 aliphatic rings. The first-order chi connectivity index (χ1) is 13.9. The third-order valence-corrected chi connectivity index (χ3v) is 4.32. The van der Waals surface area contributed by atoms with E-state index in [2.05, 4.69) is 17.2 Å². The van der Waals surface area contributed by atoms with E-state index in [1.165, 1.54) is 24.0 Å². The number of carbonyl (C=O) groups excluding carboxylic acids is 3. The molecule has 1 aromatic carbocycles. The van der Waals surface area contributed by atoms with Crippen LogP contribution in [0.15, 0.2) is 59.8 Å². The normalized spacial score (nSPS) is 10.5. The number of para-hydroxylation sites is 1. The van der Waals surface area contributed by atoms with E-state index in [4.69, 9.17) is 9.47 Å². The average molecular weight is 419 g/mol. The number of thioether (sulfide) groups is 1. The van der Waals surface area contributed by atoms with Gasteiger partial charge in [0.2, 0.25) is 0 Å². The summed E-state index contributed by atoms with van der Waals surface area (Å²) in [5.41, 5.74) is 1.32. The van der Waals surface area contributed by atoms with Crippen LogP contribution in [0.3, 0.4) is 0 Å². The molecule has 1 aromatic rings. The van der Waals surface area contributed by atoms with Crippen LogP contribution in [-0.2, 0) is 23.9 Å². The summed E-state index contributed by atoms with van der Waals surface area (Å²) in [4.78, 5) is 36.5. The molecule has 1 rings (SSSR count). The summed E-state index contributed by atoms with van der Waals surface area (Å²) < 4.78 is 9.78. The van der Waals surface area contributed by atoms with Gasteiger partial charge in [0, 0.05) is 23.7 Å². The topological polar surface area (TPSA) is 93.7 Å². The van der Waals surface area contributed by atoms with Crippen molar-refractivity contribution in [2.45, 2.75) is 20.8 Å². The zero-order valence-corrected chi connectivity index (χ0v) is 17.6. The molecular weight excluding hydrogens is 392 g/mol. The summed E-state index contributed by atoms with van der Waals surface area (Å²) in [6.45, 7) is 9.03. The number of ether oxygens (including phenoxy) is 2. The molecule has 0 atom stereocenters. The van der Waals surface area contributed by atoms with Gasteiger partial charge in [0.25, 0.3) is 5.91 Å². The highest BCUT2D eigenvalue weighted by atomic mass is 32.2. The fourth-order valence-electron chi connectivity index (χ4n) is 2.04. The van der Waals surface area contributed by atoms with Crippen LogP contribution in [-0.4, -0.2) is 36.8 Å². The molecule has 0 bridgehead atoms. The summed E-state index contributed by atoms with van der Waals surface area (Å²) in [5.74, 6) is -1.47. The molecule has 2 N–H and O–H groups in total. The molecule has 156 valence electrons. The van der Waals surface area contributed by atoms with Gasteiger partial charge in [0.1, 0.15) is 0 Å². The number of hydrogen-bond acceptors (Lipinski definition) is 7. The highest BCUT2D eigenvalue weighted by molar-refractivity contribution is 8.03. The molecule has 0 heterocycles. The first-order valence-electron chi connectivity index (χ1n) is 9.05. The number of benzene rings is 1. The van der Waals surface area contributed by atoms with Crippen molar-refractivity contribution in [3.8, 4) is 0 Å². The number of esters is 2. The second kappa shape index (κ2) is 13.2. The van der Waals surface area contributed by atoms with Crippen LogP contribution in [0.1, 0.15) is 19.4 Å². The largest absolute Gasteiger partial charge is 0.462 e. The molecule has 0 radical (unpaired) electrons. The quantitative estimate of drug-likeness (QED) is 0.187. The van der Waals surface area contributed by atoms with Gasteiger partial charge < -0.3 is 20.1 Å². The Bertz CT molecular complexity index is 782. The first-order valence-corrected chi connectivity index (χ1v) is 10.0. The highest BCUT2D eigenvalue weighted by Gasteiger charge is 2.21. The molecule has 0 fully saturated rings. The fraction of sp³-hybridized carbons (Fsp3) is 0.286. The SMILES string of the molecule is C=CCSC(=CC(=O)Nc1ccccc1C)NC=C(C(=O)OCC)C(=O)OCC. The highest BCUT2D eigenvalue weighted by Crippen LogP contribution is 2.16. The maximum absolute atomic E-state index is 12.4. The molecular formula is C21H26N2O5S. The minimum Gasteiger partial charge on any atom is -0.462 e. The number of anilines is 1. The first kappa shape index (κ1) is 24.0. The lowest BCUT2D eigenvalue weighted by Gasteiger charge is -2.10. The molecule has 0 spiro atoms. The summed E-state index contributed by atoms with van der Waals surface area (Å²) in [6, 6.07) is 7.39. The Labute approximate surface area is 175 Å². The molecule has 8 heteroatoms. The summed E-state index contributed by atoms with van der Waals surface area (Å²) in [7, 11) is 0. The Balaban J connectivity index is 3.03. The van der Waals surface area contributed by atoms with Crippen LogP contribution < -0.4 is 10.6 Å². The number of nitrogens with one attached hydrogen (secondary N) is 2. The molecule has 0 aliphatic heterocycles. The Morgan fingerprint density at radius 2 is 1.72 bits per heavy atom. The van der Waals surface area contributed by atoms with Crippen molar-refractivity contribution in [2.24, 2.45) is 0 Å². The van der Waals surface area contributed by atoms with Gasteiger partial charge in [-0.1, -0.05) is 24.3 Å². The van der Waals surface area contributed by atoms with Crippen molar-refractivity contribution in [1.82, 2.24) is 5.32 Å². The molecule has 0 unspecified atom stereocenters. The number of carbonyl (C=O) groups is 3. The zero-order chi connectivity index (χ0) is 21.6. The number of amides is 1. The van der Waals surface area contributed by atoms with E-state index in [-0.39, 0.29) is 24.7 Å². The number of rotatable bonds is 11. The fourth-order valence-corrected chi connectivity index (χ4v) is 2.67.